The van der Waals surface area contributed by atoms with Gasteiger partial charge in [0.15, 0.2) is 0 Å². The molecule has 1 N–H and O–H groups in total. The Bertz CT molecular complexity index is 868. The first-order valence-corrected chi connectivity index (χ1v) is 13.5. The highest BCUT2D eigenvalue weighted by Gasteiger charge is 2.51. The van der Waals surface area contributed by atoms with Crippen LogP contribution in [0.15, 0.2) is 24.3 Å². The van der Waals surface area contributed by atoms with Gasteiger partial charge < -0.3 is 5.32 Å². The molecule has 6 heteroatoms. The third-order valence-electron chi connectivity index (χ3n) is 8.21. The van der Waals surface area contributed by atoms with Crippen molar-refractivity contribution in [3.63, 3.8) is 0 Å². The van der Waals surface area contributed by atoms with Crippen LogP contribution in [-0.4, -0.2) is 33.2 Å². The second kappa shape index (κ2) is 7.54. The molecule has 5 aliphatic rings. The van der Waals surface area contributed by atoms with Gasteiger partial charge in [0, 0.05) is 6.04 Å². The number of carbonyl (C=O) groups is 1. The van der Waals surface area contributed by atoms with E-state index in [-0.39, 0.29) is 18.5 Å². The summed E-state index contributed by atoms with van der Waals surface area (Å²) in [6.45, 7) is -0.147. The van der Waals surface area contributed by atoms with E-state index >= 15 is 0 Å². The molecular weight excluding hydrogens is 396 g/mol. The van der Waals surface area contributed by atoms with Crippen molar-refractivity contribution in [1.82, 2.24) is 5.32 Å². The molecule has 5 saturated carbocycles. The minimum Gasteiger partial charge on any atom is -0.352 e. The Morgan fingerprint density at radius 2 is 1.53 bits per heavy atom. The van der Waals surface area contributed by atoms with E-state index in [1.165, 1.54) is 54.6 Å². The van der Waals surface area contributed by atoms with Crippen LogP contribution >= 0.6 is 0 Å². The average Bonchev–Trinajstić information content (AvgIpc) is 3.17. The molecule has 1 amide bonds. The zero-order chi connectivity index (χ0) is 20.9. The molecule has 0 radical (unpaired) electrons. The summed E-state index contributed by atoms with van der Waals surface area (Å²) >= 11 is 0. The number of nitrogens with one attached hydrogen (secondary N) is 1. The van der Waals surface area contributed by atoms with Crippen molar-refractivity contribution >= 4 is 21.6 Å². The van der Waals surface area contributed by atoms with Gasteiger partial charge in [0.25, 0.3) is 0 Å². The third-order valence-corrected chi connectivity index (χ3v) is 9.35. The van der Waals surface area contributed by atoms with E-state index < -0.39 is 10.0 Å². The predicted octanol–water partition coefficient (Wildman–Crippen LogP) is 3.98. The van der Waals surface area contributed by atoms with Crippen molar-refractivity contribution in [2.45, 2.75) is 75.7 Å². The number of hydrogen-bond acceptors (Lipinski definition) is 3. The molecular formula is C24H34N2O3S. The zero-order valence-corrected chi connectivity index (χ0v) is 18.8. The first-order chi connectivity index (χ1) is 14.3. The summed E-state index contributed by atoms with van der Waals surface area (Å²) < 4.78 is 26.2. The van der Waals surface area contributed by atoms with Crippen LogP contribution in [0.25, 0.3) is 0 Å². The highest BCUT2D eigenvalue weighted by atomic mass is 32.2. The van der Waals surface area contributed by atoms with Gasteiger partial charge in [-0.3, -0.25) is 9.10 Å². The monoisotopic (exact) mass is 430 g/mol. The van der Waals surface area contributed by atoms with Crippen LogP contribution < -0.4 is 9.62 Å². The Morgan fingerprint density at radius 3 is 2.03 bits per heavy atom. The molecule has 0 heterocycles. The van der Waals surface area contributed by atoms with Crippen LogP contribution in [0.2, 0.25) is 0 Å². The number of sulfonamides is 1. The number of carbonyl (C=O) groups excluding carboxylic acids is 1. The van der Waals surface area contributed by atoms with E-state index in [0.29, 0.717) is 11.1 Å². The Morgan fingerprint density at radius 1 is 1.00 bits per heavy atom. The van der Waals surface area contributed by atoms with Crippen LogP contribution in [-0.2, 0) is 20.2 Å². The zero-order valence-electron chi connectivity index (χ0n) is 18.0. The van der Waals surface area contributed by atoms with Gasteiger partial charge in [0.1, 0.15) is 6.54 Å². The lowest BCUT2D eigenvalue weighted by molar-refractivity contribution is -0.120. The van der Waals surface area contributed by atoms with Gasteiger partial charge in [-0.25, -0.2) is 8.42 Å². The molecule has 0 spiro atoms. The molecule has 0 aromatic heterocycles. The van der Waals surface area contributed by atoms with Crippen LogP contribution in [0.5, 0.6) is 0 Å². The standard InChI is InChI=1S/C24H34N2O3S/c1-30(28,29)26(16-23(27)25-21-4-2-3-5-21)22-8-6-20(7-9-22)24-13-17-10-18(14-24)12-19(11-17)15-24/h6-9,17-19,21H,2-5,10-16H2,1H3,(H,25,27). The molecule has 164 valence electrons. The molecule has 0 aliphatic heterocycles. The van der Waals surface area contributed by atoms with Crippen molar-refractivity contribution in [3.05, 3.63) is 29.8 Å². The quantitative estimate of drug-likeness (QED) is 0.742. The molecule has 0 unspecified atom stereocenters. The second-order valence-electron chi connectivity index (χ2n) is 10.6. The summed E-state index contributed by atoms with van der Waals surface area (Å²) in [6, 6.07) is 8.29. The van der Waals surface area contributed by atoms with Gasteiger partial charge >= 0.3 is 0 Å². The van der Waals surface area contributed by atoms with Gasteiger partial charge in [-0.1, -0.05) is 25.0 Å². The van der Waals surface area contributed by atoms with Gasteiger partial charge in [-0.05, 0) is 92.2 Å². The lowest BCUT2D eigenvalue weighted by Gasteiger charge is -2.57. The smallest absolute Gasteiger partial charge is 0.240 e. The number of anilines is 1. The van der Waals surface area contributed by atoms with Gasteiger partial charge in [0.05, 0.1) is 11.9 Å². The van der Waals surface area contributed by atoms with Crippen LogP contribution in [0, 0.1) is 17.8 Å². The molecule has 30 heavy (non-hydrogen) atoms. The minimum atomic E-state index is -3.53. The van der Waals surface area contributed by atoms with E-state index in [9.17, 15) is 13.2 Å². The van der Waals surface area contributed by atoms with E-state index in [1.54, 1.807) is 0 Å². The van der Waals surface area contributed by atoms with E-state index in [4.69, 9.17) is 0 Å². The van der Waals surface area contributed by atoms with Crippen LogP contribution in [0.4, 0.5) is 5.69 Å². The number of nitrogens with zero attached hydrogens (tertiary/aromatic N) is 1. The summed E-state index contributed by atoms with van der Waals surface area (Å²) in [6.07, 6.45) is 13.5. The SMILES string of the molecule is CS(=O)(=O)N(CC(=O)NC1CCCC1)c1ccc(C23CC4CC(CC(C4)C2)C3)cc1. The van der Waals surface area contributed by atoms with Crippen molar-refractivity contribution in [2.24, 2.45) is 17.8 Å². The van der Waals surface area contributed by atoms with E-state index in [0.717, 1.165) is 43.4 Å². The lowest BCUT2D eigenvalue weighted by Crippen LogP contribution is -2.48. The largest absolute Gasteiger partial charge is 0.352 e. The predicted molar refractivity (Wildman–Crippen MR) is 119 cm³/mol. The summed E-state index contributed by atoms with van der Waals surface area (Å²) in [5.41, 5.74) is 2.25. The maximum Gasteiger partial charge on any atom is 0.240 e. The van der Waals surface area contributed by atoms with Gasteiger partial charge in [-0.2, -0.15) is 0 Å². The van der Waals surface area contributed by atoms with E-state index in [1.807, 2.05) is 12.1 Å². The fourth-order valence-corrected chi connectivity index (χ4v) is 8.18. The molecule has 5 fully saturated rings. The highest BCUT2D eigenvalue weighted by Crippen LogP contribution is 2.60. The molecule has 6 rings (SSSR count). The summed E-state index contributed by atoms with van der Waals surface area (Å²) in [7, 11) is -3.53. The molecule has 1 aromatic carbocycles. The van der Waals surface area contributed by atoms with Crippen molar-refractivity contribution in [3.8, 4) is 0 Å². The molecule has 5 aliphatic carbocycles. The Labute approximate surface area is 180 Å². The first kappa shape index (κ1) is 20.3. The highest BCUT2D eigenvalue weighted by molar-refractivity contribution is 7.92. The summed E-state index contributed by atoms with van der Waals surface area (Å²) in [5, 5.41) is 3.01. The van der Waals surface area contributed by atoms with Crippen LogP contribution in [0.3, 0.4) is 0 Å². The summed E-state index contributed by atoms with van der Waals surface area (Å²) in [5.74, 6) is 2.42. The van der Waals surface area contributed by atoms with E-state index in [2.05, 4.69) is 17.4 Å². The normalized spacial score (nSPS) is 33.0. The maximum absolute atomic E-state index is 12.5. The third kappa shape index (κ3) is 3.88. The number of benzene rings is 1. The number of rotatable bonds is 6. The Kier molecular flexibility index (Phi) is 5.11. The summed E-state index contributed by atoms with van der Waals surface area (Å²) in [4.78, 5) is 12.5. The minimum absolute atomic E-state index is 0.147. The fraction of sp³-hybridized carbons (Fsp3) is 0.708. The molecule has 4 bridgehead atoms. The number of hydrogen-bond donors (Lipinski definition) is 1. The topological polar surface area (TPSA) is 66.5 Å². The lowest BCUT2D eigenvalue weighted by atomic mass is 9.48. The molecule has 1 aromatic rings. The molecule has 0 saturated heterocycles. The molecule has 0 atom stereocenters. The first-order valence-electron chi connectivity index (χ1n) is 11.7. The Hall–Kier alpha value is -1.56. The molecule has 5 nitrogen and oxygen atoms in total. The average molecular weight is 431 g/mol. The number of amides is 1. The maximum atomic E-state index is 12.5. The second-order valence-corrected chi connectivity index (χ2v) is 12.5. The van der Waals surface area contributed by atoms with Gasteiger partial charge in [-0.15, -0.1) is 0 Å². The van der Waals surface area contributed by atoms with Crippen molar-refractivity contribution in [2.75, 3.05) is 17.1 Å². The van der Waals surface area contributed by atoms with Crippen LogP contribution in [0.1, 0.15) is 69.8 Å². The Balaban J connectivity index is 1.34. The van der Waals surface area contributed by atoms with Gasteiger partial charge in [0.2, 0.25) is 15.9 Å². The van der Waals surface area contributed by atoms with Crippen molar-refractivity contribution < 1.29 is 13.2 Å². The van der Waals surface area contributed by atoms with Crippen molar-refractivity contribution in [1.29, 1.82) is 0 Å². The fourth-order valence-electron chi connectivity index (χ4n) is 7.32.